The minimum Gasteiger partial charge on any atom is -0.493 e. The van der Waals surface area contributed by atoms with Crippen LogP contribution in [0.15, 0.2) is 18.2 Å². The fraction of sp³-hybridized carbons (Fsp3) is 0.619. The highest BCUT2D eigenvalue weighted by Crippen LogP contribution is 2.29. The fourth-order valence-electron chi connectivity index (χ4n) is 3.23. The van der Waals surface area contributed by atoms with Crippen LogP contribution in [-0.2, 0) is 4.79 Å². The van der Waals surface area contributed by atoms with Gasteiger partial charge in [-0.2, -0.15) is 0 Å². The zero-order valence-electron chi connectivity index (χ0n) is 16.7. The SMILES string of the molecule is COc1cc(C(=O)NNC(=O)CCC2CCCC2)ccc1OCCC(C)C. The number of ether oxygens (including phenoxy) is 2. The van der Waals surface area contributed by atoms with Crippen molar-refractivity contribution in [1.29, 1.82) is 0 Å². The largest absolute Gasteiger partial charge is 0.493 e. The van der Waals surface area contributed by atoms with Gasteiger partial charge in [-0.1, -0.05) is 39.5 Å². The van der Waals surface area contributed by atoms with E-state index in [0.717, 1.165) is 12.8 Å². The minimum absolute atomic E-state index is 0.157. The second-order valence-electron chi connectivity index (χ2n) is 7.59. The van der Waals surface area contributed by atoms with Crippen molar-refractivity contribution in [3.05, 3.63) is 23.8 Å². The first-order valence-corrected chi connectivity index (χ1v) is 9.89. The van der Waals surface area contributed by atoms with Gasteiger partial charge in [0.15, 0.2) is 11.5 Å². The summed E-state index contributed by atoms with van der Waals surface area (Å²) in [4.78, 5) is 24.2. The van der Waals surface area contributed by atoms with E-state index < -0.39 is 0 Å². The maximum Gasteiger partial charge on any atom is 0.269 e. The van der Waals surface area contributed by atoms with Crippen molar-refractivity contribution >= 4 is 11.8 Å². The van der Waals surface area contributed by atoms with Crippen LogP contribution in [0.2, 0.25) is 0 Å². The summed E-state index contributed by atoms with van der Waals surface area (Å²) in [6.07, 6.45) is 7.23. The van der Waals surface area contributed by atoms with E-state index in [2.05, 4.69) is 24.7 Å². The van der Waals surface area contributed by atoms with Crippen molar-refractivity contribution in [1.82, 2.24) is 10.9 Å². The Hall–Kier alpha value is -2.24. The van der Waals surface area contributed by atoms with Gasteiger partial charge in [0.1, 0.15) is 0 Å². The molecule has 2 N–H and O–H groups in total. The van der Waals surface area contributed by atoms with Crippen LogP contribution in [0.25, 0.3) is 0 Å². The highest BCUT2D eigenvalue weighted by molar-refractivity contribution is 5.96. The molecule has 0 unspecified atom stereocenters. The number of methoxy groups -OCH3 is 1. The Bertz CT molecular complexity index is 625. The maximum atomic E-state index is 12.3. The van der Waals surface area contributed by atoms with Gasteiger partial charge in [-0.15, -0.1) is 0 Å². The Balaban J connectivity index is 1.81. The smallest absolute Gasteiger partial charge is 0.269 e. The molecule has 0 bridgehead atoms. The summed E-state index contributed by atoms with van der Waals surface area (Å²) in [5, 5.41) is 0. The van der Waals surface area contributed by atoms with Crippen molar-refractivity contribution < 1.29 is 19.1 Å². The van der Waals surface area contributed by atoms with Crippen molar-refractivity contribution in [2.24, 2.45) is 11.8 Å². The molecule has 6 nitrogen and oxygen atoms in total. The second kappa shape index (κ2) is 10.8. The number of rotatable bonds is 9. The van der Waals surface area contributed by atoms with Crippen LogP contribution >= 0.6 is 0 Å². The number of carbonyl (C=O) groups is 2. The molecule has 1 aromatic carbocycles. The molecule has 0 aliphatic heterocycles. The Morgan fingerprint density at radius 2 is 1.89 bits per heavy atom. The number of benzene rings is 1. The predicted octanol–water partition coefficient (Wildman–Crippen LogP) is 3.85. The van der Waals surface area contributed by atoms with E-state index in [1.165, 1.54) is 32.8 Å². The van der Waals surface area contributed by atoms with Gasteiger partial charge in [-0.3, -0.25) is 20.4 Å². The molecule has 6 heteroatoms. The number of nitrogens with one attached hydrogen (secondary N) is 2. The predicted molar refractivity (Wildman–Crippen MR) is 105 cm³/mol. The number of amides is 2. The third-order valence-electron chi connectivity index (χ3n) is 4.95. The summed E-state index contributed by atoms with van der Waals surface area (Å²) in [6, 6.07) is 4.99. The molecule has 1 saturated carbocycles. The van der Waals surface area contributed by atoms with Crippen LogP contribution in [0.1, 0.15) is 69.2 Å². The molecule has 2 rings (SSSR count). The molecule has 0 heterocycles. The molecular weight excluding hydrogens is 344 g/mol. The zero-order valence-corrected chi connectivity index (χ0v) is 16.7. The second-order valence-corrected chi connectivity index (χ2v) is 7.59. The Morgan fingerprint density at radius 3 is 2.56 bits per heavy atom. The first-order chi connectivity index (χ1) is 13.0. The summed E-state index contributed by atoms with van der Waals surface area (Å²) < 4.78 is 11.0. The number of hydrogen-bond donors (Lipinski definition) is 2. The molecule has 1 aromatic rings. The number of hydrazine groups is 1. The fourth-order valence-corrected chi connectivity index (χ4v) is 3.23. The third kappa shape index (κ3) is 7.12. The van der Waals surface area contributed by atoms with Gasteiger partial charge >= 0.3 is 0 Å². The van der Waals surface area contributed by atoms with E-state index in [-0.39, 0.29) is 11.8 Å². The van der Waals surface area contributed by atoms with E-state index in [1.807, 2.05) is 0 Å². The van der Waals surface area contributed by atoms with E-state index in [9.17, 15) is 9.59 Å². The van der Waals surface area contributed by atoms with Gasteiger partial charge in [0.05, 0.1) is 13.7 Å². The first kappa shape index (κ1) is 21.1. The van der Waals surface area contributed by atoms with Gasteiger partial charge in [0.2, 0.25) is 5.91 Å². The Morgan fingerprint density at radius 1 is 1.15 bits per heavy atom. The van der Waals surface area contributed by atoms with E-state index >= 15 is 0 Å². The molecule has 1 fully saturated rings. The van der Waals surface area contributed by atoms with Crippen LogP contribution in [-0.4, -0.2) is 25.5 Å². The Kier molecular flexibility index (Phi) is 8.43. The molecule has 27 heavy (non-hydrogen) atoms. The van der Waals surface area contributed by atoms with Crippen LogP contribution in [0.3, 0.4) is 0 Å². The zero-order chi connectivity index (χ0) is 19.6. The highest BCUT2D eigenvalue weighted by Gasteiger charge is 2.17. The molecular formula is C21H32N2O4. The summed E-state index contributed by atoms with van der Waals surface area (Å²) in [5.41, 5.74) is 5.36. The van der Waals surface area contributed by atoms with Crippen molar-refractivity contribution in [3.63, 3.8) is 0 Å². The van der Waals surface area contributed by atoms with Gasteiger partial charge in [-0.05, 0) is 42.9 Å². The van der Waals surface area contributed by atoms with Crippen molar-refractivity contribution in [2.45, 2.75) is 58.8 Å². The molecule has 0 aromatic heterocycles. The lowest BCUT2D eigenvalue weighted by atomic mass is 10.0. The highest BCUT2D eigenvalue weighted by atomic mass is 16.5. The van der Waals surface area contributed by atoms with Gasteiger partial charge in [0, 0.05) is 12.0 Å². The molecule has 0 saturated heterocycles. The van der Waals surface area contributed by atoms with Gasteiger partial charge < -0.3 is 9.47 Å². The van der Waals surface area contributed by atoms with Crippen LogP contribution in [0.4, 0.5) is 0 Å². The van der Waals surface area contributed by atoms with Crippen molar-refractivity contribution in [2.75, 3.05) is 13.7 Å². The van der Waals surface area contributed by atoms with Gasteiger partial charge in [0.25, 0.3) is 5.91 Å². The van der Waals surface area contributed by atoms with E-state index in [0.29, 0.717) is 41.9 Å². The standard InChI is InChI=1S/C21H32N2O4/c1-15(2)12-13-27-18-10-9-17(14-19(18)26-3)21(25)23-22-20(24)11-8-16-6-4-5-7-16/h9-10,14-16H,4-8,11-13H2,1-3H3,(H,22,24)(H,23,25). The average Bonchev–Trinajstić information content (AvgIpc) is 3.18. The molecule has 0 spiro atoms. The lowest BCUT2D eigenvalue weighted by Gasteiger charge is -2.13. The number of carbonyl (C=O) groups excluding carboxylic acids is 2. The van der Waals surface area contributed by atoms with Crippen LogP contribution < -0.4 is 20.3 Å². The quantitative estimate of drug-likeness (QED) is 0.642. The van der Waals surface area contributed by atoms with Crippen LogP contribution in [0.5, 0.6) is 11.5 Å². The topological polar surface area (TPSA) is 76.7 Å². The molecule has 2 amide bonds. The summed E-state index contributed by atoms with van der Waals surface area (Å²) in [7, 11) is 1.54. The molecule has 1 aliphatic carbocycles. The number of hydrogen-bond acceptors (Lipinski definition) is 4. The summed E-state index contributed by atoms with van der Waals surface area (Å²) >= 11 is 0. The molecule has 0 atom stereocenters. The monoisotopic (exact) mass is 376 g/mol. The minimum atomic E-state index is -0.378. The van der Waals surface area contributed by atoms with E-state index in [1.54, 1.807) is 18.2 Å². The third-order valence-corrected chi connectivity index (χ3v) is 4.95. The van der Waals surface area contributed by atoms with Crippen LogP contribution in [0, 0.1) is 11.8 Å². The molecule has 0 radical (unpaired) electrons. The lowest BCUT2D eigenvalue weighted by molar-refractivity contribution is -0.122. The molecule has 1 aliphatic rings. The lowest BCUT2D eigenvalue weighted by Crippen LogP contribution is -2.41. The maximum absolute atomic E-state index is 12.3. The van der Waals surface area contributed by atoms with Gasteiger partial charge in [-0.25, -0.2) is 0 Å². The normalized spacial score (nSPS) is 14.2. The molecule has 150 valence electrons. The van der Waals surface area contributed by atoms with E-state index in [4.69, 9.17) is 9.47 Å². The summed E-state index contributed by atoms with van der Waals surface area (Å²) in [5.74, 6) is 1.78. The Labute approximate surface area is 162 Å². The summed E-state index contributed by atoms with van der Waals surface area (Å²) in [6.45, 7) is 4.86. The first-order valence-electron chi connectivity index (χ1n) is 9.89. The van der Waals surface area contributed by atoms with Crippen molar-refractivity contribution in [3.8, 4) is 11.5 Å². The average molecular weight is 376 g/mol.